The van der Waals surface area contributed by atoms with Crippen LogP contribution in [0, 0.1) is 0 Å². The van der Waals surface area contributed by atoms with Crippen LogP contribution in [-0.2, 0) is 0 Å². The van der Waals surface area contributed by atoms with Gasteiger partial charge in [-0.25, -0.2) is 0 Å². The zero-order valence-corrected chi connectivity index (χ0v) is 21.5. The van der Waals surface area contributed by atoms with E-state index in [2.05, 4.69) is 121 Å². The van der Waals surface area contributed by atoms with E-state index in [1.54, 1.807) is 0 Å². The van der Waals surface area contributed by atoms with Crippen LogP contribution in [0.1, 0.15) is 0 Å². The van der Waals surface area contributed by atoms with Gasteiger partial charge in [-0.05, 0) is 144 Å². The Labute approximate surface area is 228 Å². The van der Waals surface area contributed by atoms with Crippen LogP contribution in [0.3, 0.4) is 0 Å². The SMILES string of the molecule is c1ccc2c(c1)cc1c3cc4cc5c(cc4cc3c3cccc2c31)c1cc2cccc3ccc4ccc5c1c4c32. The number of fused-ring (bicyclic) bond motifs is 9. The van der Waals surface area contributed by atoms with Gasteiger partial charge < -0.3 is 0 Å². The van der Waals surface area contributed by atoms with Crippen molar-refractivity contribution in [3.63, 3.8) is 0 Å². The number of benzene rings is 9. The van der Waals surface area contributed by atoms with Gasteiger partial charge in [0.2, 0.25) is 0 Å². The highest BCUT2D eigenvalue weighted by molar-refractivity contribution is 6.41. The van der Waals surface area contributed by atoms with Crippen molar-refractivity contribution in [1.29, 1.82) is 0 Å². The van der Waals surface area contributed by atoms with Crippen molar-refractivity contribution in [2.75, 3.05) is 0 Å². The minimum atomic E-state index is 1.31. The molecule has 0 heterocycles. The molecule has 0 N–H and O–H groups in total. The first kappa shape index (κ1) is 19.8. The maximum absolute atomic E-state index is 2.45. The molecule has 0 spiro atoms. The summed E-state index contributed by atoms with van der Waals surface area (Å²) in [5.74, 6) is 0. The van der Waals surface area contributed by atoms with Gasteiger partial charge in [0.1, 0.15) is 0 Å². The molecule has 0 aliphatic heterocycles. The summed E-state index contributed by atoms with van der Waals surface area (Å²) in [6, 6.07) is 46.2. The summed E-state index contributed by atoms with van der Waals surface area (Å²) in [4.78, 5) is 0. The average Bonchev–Trinajstić information content (AvgIpc) is 3.48. The molecule has 0 aliphatic carbocycles. The molecule has 0 aliphatic rings. The van der Waals surface area contributed by atoms with E-state index in [9.17, 15) is 0 Å². The molecule has 40 heavy (non-hydrogen) atoms. The van der Waals surface area contributed by atoms with E-state index < -0.39 is 0 Å². The zero-order chi connectivity index (χ0) is 25.7. The molecule has 180 valence electrons. The van der Waals surface area contributed by atoms with Gasteiger partial charge in [-0.2, -0.15) is 0 Å². The van der Waals surface area contributed by atoms with Crippen LogP contribution in [0.15, 0.2) is 121 Å². The first-order valence-electron chi connectivity index (χ1n) is 14.1. The number of hydrogen-bond acceptors (Lipinski definition) is 0. The quantitative estimate of drug-likeness (QED) is 0.182. The smallest absolute Gasteiger partial charge is 0.00137 e. The Hall–Kier alpha value is -5.20. The Balaban J connectivity index is 1.35. The van der Waals surface area contributed by atoms with E-state index in [1.165, 1.54) is 108 Å². The second-order valence-electron chi connectivity index (χ2n) is 11.7. The lowest BCUT2D eigenvalue weighted by Crippen LogP contribution is -1.83. The average molecular weight is 501 g/mol. The maximum Gasteiger partial charge on any atom is -0.00137 e. The summed E-state index contributed by atoms with van der Waals surface area (Å²) in [7, 11) is 0. The Morgan fingerprint density at radius 1 is 0.200 bits per heavy atom. The van der Waals surface area contributed by atoms with Gasteiger partial charge in [-0.1, -0.05) is 84.9 Å². The molecule has 11 aromatic rings. The highest BCUT2D eigenvalue weighted by Gasteiger charge is 2.19. The normalized spacial score (nSPS) is 13.0. The lowest BCUT2D eigenvalue weighted by Gasteiger charge is -2.11. The summed E-state index contributed by atoms with van der Waals surface area (Å²) < 4.78 is 0. The van der Waals surface area contributed by atoms with Gasteiger partial charge in [0.25, 0.3) is 0 Å². The molecule has 0 saturated carbocycles. The van der Waals surface area contributed by atoms with Crippen molar-refractivity contribution in [3.8, 4) is 0 Å². The van der Waals surface area contributed by atoms with Gasteiger partial charge in [0.15, 0.2) is 0 Å². The predicted molar refractivity (Wildman–Crippen MR) is 175 cm³/mol. The molecule has 0 bridgehead atoms. The number of rotatable bonds is 0. The summed E-state index contributed by atoms with van der Waals surface area (Å²) in [6.07, 6.45) is 0. The van der Waals surface area contributed by atoms with Crippen molar-refractivity contribution in [3.05, 3.63) is 121 Å². The van der Waals surface area contributed by atoms with Gasteiger partial charge in [0, 0.05) is 0 Å². The van der Waals surface area contributed by atoms with Crippen molar-refractivity contribution >= 4 is 108 Å². The lowest BCUT2D eigenvalue weighted by atomic mass is 9.92. The molecule has 0 radical (unpaired) electrons. The third-order valence-corrected chi connectivity index (χ3v) is 9.79. The topological polar surface area (TPSA) is 0 Å². The fraction of sp³-hybridized carbons (Fsp3) is 0. The molecule has 0 fully saturated rings. The Bertz CT molecular complexity index is 2850. The van der Waals surface area contributed by atoms with E-state index >= 15 is 0 Å². The van der Waals surface area contributed by atoms with Gasteiger partial charge >= 0.3 is 0 Å². The third-order valence-electron chi connectivity index (χ3n) is 9.79. The van der Waals surface area contributed by atoms with Crippen molar-refractivity contribution in [2.24, 2.45) is 0 Å². The van der Waals surface area contributed by atoms with E-state index in [1.807, 2.05) is 0 Å². The number of hydrogen-bond donors (Lipinski definition) is 0. The first-order chi connectivity index (χ1) is 19.8. The zero-order valence-electron chi connectivity index (χ0n) is 21.5. The maximum atomic E-state index is 2.45. The second kappa shape index (κ2) is 6.50. The third kappa shape index (κ3) is 2.16. The van der Waals surface area contributed by atoms with Crippen LogP contribution in [0.5, 0.6) is 0 Å². The van der Waals surface area contributed by atoms with E-state index in [0.29, 0.717) is 0 Å². The Kier molecular flexibility index (Phi) is 3.22. The molecule has 0 aromatic heterocycles. The predicted octanol–water partition coefficient (Wildman–Crippen LogP) is 11.5. The summed E-state index contributed by atoms with van der Waals surface area (Å²) in [6.45, 7) is 0. The van der Waals surface area contributed by atoms with Crippen molar-refractivity contribution in [1.82, 2.24) is 0 Å². The standard InChI is InChI=1S/C40H20/c1-2-8-27-23(5-1)15-35-33-19-26-18-32-30-14-13-22-12-11-21-6-3-7-24-16-36(40(30)38(22)37(21)24)34(32)20-25(26)17-31(33)29-10-4-9-28(27)39(29)35/h1-20H. The molecule has 0 nitrogen and oxygen atoms in total. The largest absolute Gasteiger partial charge is 0.0616 e. The van der Waals surface area contributed by atoms with Crippen LogP contribution in [-0.4, -0.2) is 0 Å². The van der Waals surface area contributed by atoms with Crippen molar-refractivity contribution < 1.29 is 0 Å². The highest BCUT2D eigenvalue weighted by Crippen LogP contribution is 2.48. The fourth-order valence-electron chi connectivity index (χ4n) is 8.13. The first-order valence-corrected chi connectivity index (χ1v) is 14.1. The lowest BCUT2D eigenvalue weighted by molar-refractivity contribution is 1.82. The minimum absolute atomic E-state index is 1.31. The molecule has 11 aromatic carbocycles. The van der Waals surface area contributed by atoms with Gasteiger partial charge in [-0.3, -0.25) is 0 Å². The van der Waals surface area contributed by atoms with E-state index in [0.717, 1.165) is 0 Å². The Morgan fingerprint density at radius 3 is 1.48 bits per heavy atom. The molecule has 0 heteroatoms. The summed E-state index contributed by atoms with van der Waals surface area (Å²) in [5.41, 5.74) is 0. The molecule has 0 atom stereocenters. The minimum Gasteiger partial charge on any atom is -0.0616 e. The molecule has 0 saturated heterocycles. The second-order valence-corrected chi connectivity index (χ2v) is 11.7. The monoisotopic (exact) mass is 500 g/mol. The molecular formula is C40H20. The Morgan fingerprint density at radius 2 is 0.675 bits per heavy atom. The van der Waals surface area contributed by atoms with Crippen LogP contribution in [0.25, 0.3) is 108 Å². The van der Waals surface area contributed by atoms with E-state index in [4.69, 9.17) is 0 Å². The molecule has 0 unspecified atom stereocenters. The van der Waals surface area contributed by atoms with Gasteiger partial charge in [-0.15, -0.1) is 0 Å². The molecule has 0 amide bonds. The fourth-order valence-corrected chi connectivity index (χ4v) is 8.13. The van der Waals surface area contributed by atoms with Crippen LogP contribution in [0.2, 0.25) is 0 Å². The van der Waals surface area contributed by atoms with Crippen molar-refractivity contribution in [2.45, 2.75) is 0 Å². The summed E-state index contributed by atoms with van der Waals surface area (Å²) >= 11 is 0. The molecular weight excluding hydrogens is 480 g/mol. The van der Waals surface area contributed by atoms with Crippen LogP contribution in [0.4, 0.5) is 0 Å². The molecule has 11 rings (SSSR count). The summed E-state index contributed by atoms with van der Waals surface area (Å²) in [5, 5.41) is 27.1. The van der Waals surface area contributed by atoms with Crippen LogP contribution < -0.4 is 0 Å². The van der Waals surface area contributed by atoms with Crippen LogP contribution >= 0.6 is 0 Å². The highest BCUT2D eigenvalue weighted by atomic mass is 14.2. The van der Waals surface area contributed by atoms with E-state index in [-0.39, 0.29) is 0 Å². The van der Waals surface area contributed by atoms with Gasteiger partial charge in [0.05, 0.1) is 0 Å².